The van der Waals surface area contributed by atoms with Gasteiger partial charge in [-0.2, -0.15) is 0 Å². The summed E-state index contributed by atoms with van der Waals surface area (Å²) in [5.41, 5.74) is 1.81. The van der Waals surface area contributed by atoms with E-state index in [1.165, 1.54) is 0 Å². The summed E-state index contributed by atoms with van der Waals surface area (Å²) in [6.07, 6.45) is 3.56. The smallest absolute Gasteiger partial charge is 0.249 e. The molecule has 0 saturated carbocycles. The van der Waals surface area contributed by atoms with Crippen molar-refractivity contribution in [2.75, 3.05) is 18.4 Å². The van der Waals surface area contributed by atoms with E-state index < -0.39 is 0 Å². The lowest BCUT2D eigenvalue weighted by molar-refractivity contribution is -0.120. The van der Waals surface area contributed by atoms with Crippen LogP contribution in [0.5, 0.6) is 0 Å². The van der Waals surface area contributed by atoms with Crippen LogP contribution in [0.25, 0.3) is 0 Å². The van der Waals surface area contributed by atoms with Crippen LogP contribution in [0.3, 0.4) is 0 Å². The average molecular weight is 263 g/mol. The van der Waals surface area contributed by atoms with Gasteiger partial charge in [-0.3, -0.25) is 10.1 Å². The molecule has 0 spiro atoms. The Kier molecular flexibility index (Phi) is 4.79. The lowest BCUT2D eigenvalue weighted by Crippen LogP contribution is -2.37. The van der Waals surface area contributed by atoms with E-state index in [-0.39, 0.29) is 11.8 Å². The van der Waals surface area contributed by atoms with Gasteiger partial charge in [0.15, 0.2) is 0 Å². The minimum atomic E-state index is -0.0136. The van der Waals surface area contributed by atoms with Crippen LogP contribution in [0.2, 0.25) is 0 Å². The Morgan fingerprint density at radius 1 is 1.32 bits per heavy atom. The van der Waals surface area contributed by atoms with Gasteiger partial charge in [0, 0.05) is 6.54 Å². The standard InChI is InChI=1S/C13H21N5O/c1-3-10-11(4-2)17-18-13(15-10)16-12(19)9-6-5-7-14-8-9/h9,14H,3-8H2,1-2H3,(H,15,16,18,19)/t9-/m1/s1. The number of anilines is 1. The number of nitrogens with zero attached hydrogens (tertiary/aromatic N) is 3. The molecule has 2 rings (SSSR count). The van der Waals surface area contributed by atoms with Crippen molar-refractivity contribution in [1.29, 1.82) is 0 Å². The van der Waals surface area contributed by atoms with E-state index in [0.29, 0.717) is 5.95 Å². The molecule has 19 heavy (non-hydrogen) atoms. The maximum atomic E-state index is 12.1. The second-order valence-electron chi connectivity index (χ2n) is 4.77. The number of piperidine rings is 1. The Morgan fingerprint density at radius 2 is 2.11 bits per heavy atom. The molecule has 1 saturated heterocycles. The number of carbonyl (C=O) groups excluding carboxylic acids is 1. The number of amides is 1. The van der Waals surface area contributed by atoms with E-state index in [1.54, 1.807) is 0 Å². The summed E-state index contributed by atoms with van der Waals surface area (Å²) in [5.74, 6) is 0.318. The molecule has 0 aromatic carbocycles. The quantitative estimate of drug-likeness (QED) is 0.845. The number of aromatic nitrogens is 3. The molecule has 0 radical (unpaired) electrons. The summed E-state index contributed by atoms with van der Waals surface area (Å²) in [5, 5.41) is 14.1. The van der Waals surface area contributed by atoms with Gasteiger partial charge in [-0.05, 0) is 32.2 Å². The molecule has 104 valence electrons. The largest absolute Gasteiger partial charge is 0.316 e. The zero-order chi connectivity index (χ0) is 13.7. The van der Waals surface area contributed by atoms with Crippen molar-refractivity contribution < 1.29 is 4.79 Å². The molecule has 1 aromatic rings. The first-order valence-electron chi connectivity index (χ1n) is 6.98. The summed E-state index contributed by atoms with van der Waals surface area (Å²) in [7, 11) is 0. The Balaban J connectivity index is 2.03. The van der Waals surface area contributed by atoms with Crippen LogP contribution in [0.15, 0.2) is 0 Å². The maximum absolute atomic E-state index is 12.1. The van der Waals surface area contributed by atoms with E-state index in [1.807, 2.05) is 13.8 Å². The lowest BCUT2D eigenvalue weighted by atomic mass is 9.99. The molecule has 0 unspecified atom stereocenters. The SMILES string of the molecule is CCc1nnc(NC(=O)[C@@H]2CCCNC2)nc1CC. The van der Waals surface area contributed by atoms with Crippen molar-refractivity contribution in [2.24, 2.45) is 5.92 Å². The highest BCUT2D eigenvalue weighted by molar-refractivity contribution is 5.91. The van der Waals surface area contributed by atoms with Crippen molar-refractivity contribution in [3.63, 3.8) is 0 Å². The summed E-state index contributed by atoms with van der Waals surface area (Å²) >= 11 is 0. The van der Waals surface area contributed by atoms with Gasteiger partial charge in [0.1, 0.15) is 0 Å². The fourth-order valence-corrected chi connectivity index (χ4v) is 2.28. The van der Waals surface area contributed by atoms with E-state index in [2.05, 4.69) is 25.8 Å². The molecule has 1 atom stereocenters. The predicted molar refractivity (Wildman–Crippen MR) is 72.8 cm³/mol. The van der Waals surface area contributed by atoms with Crippen LogP contribution >= 0.6 is 0 Å². The van der Waals surface area contributed by atoms with Crippen LogP contribution in [-0.2, 0) is 17.6 Å². The average Bonchev–Trinajstić information content (AvgIpc) is 2.48. The highest BCUT2D eigenvalue weighted by Crippen LogP contribution is 2.13. The van der Waals surface area contributed by atoms with Gasteiger partial charge in [-0.1, -0.05) is 13.8 Å². The number of carbonyl (C=O) groups is 1. The van der Waals surface area contributed by atoms with Gasteiger partial charge >= 0.3 is 0 Å². The molecule has 1 amide bonds. The number of rotatable bonds is 4. The summed E-state index contributed by atoms with van der Waals surface area (Å²) in [6, 6.07) is 0. The monoisotopic (exact) mass is 263 g/mol. The molecule has 1 aliphatic rings. The van der Waals surface area contributed by atoms with Gasteiger partial charge in [0.05, 0.1) is 17.3 Å². The molecule has 6 nitrogen and oxygen atoms in total. The molecule has 2 heterocycles. The zero-order valence-corrected chi connectivity index (χ0v) is 11.6. The molecular formula is C13H21N5O. The predicted octanol–water partition coefficient (Wildman–Crippen LogP) is 0.934. The molecule has 0 bridgehead atoms. The fourth-order valence-electron chi connectivity index (χ4n) is 2.28. The Bertz CT molecular complexity index is 443. The molecule has 1 aromatic heterocycles. The van der Waals surface area contributed by atoms with E-state index >= 15 is 0 Å². The number of hydrogen-bond donors (Lipinski definition) is 2. The second kappa shape index (κ2) is 6.56. The first-order chi connectivity index (χ1) is 9.24. The highest BCUT2D eigenvalue weighted by atomic mass is 16.2. The maximum Gasteiger partial charge on any atom is 0.249 e. The number of hydrogen-bond acceptors (Lipinski definition) is 5. The van der Waals surface area contributed by atoms with Gasteiger partial charge in [0.25, 0.3) is 0 Å². The van der Waals surface area contributed by atoms with Gasteiger partial charge in [-0.15, -0.1) is 10.2 Å². The van der Waals surface area contributed by atoms with E-state index in [0.717, 1.165) is 50.2 Å². The Labute approximate surface area is 113 Å². The molecule has 6 heteroatoms. The summed E-state index contributed by atoms with van der Waals surface area (Å²) in [6.45, 7) is 5.77. The Morgan fingerprint density at radius 3 is 2.74 bits per heavy atom. The van der Waals surface area contributed by atoms with Crippen molar-refractivity contribution >= 4 is 11.9 Å². The third-order valence-electron chi connectivity index (χ3n) is 3.41. The second-order valence-corrected chi connectivity index (χ2v) is 4.77. The number of nitrogens with one attached hydrogen (secondary N) is 2. The van der Waals surface area contributed by atoms with E-state index in [4.69, 9.17) is 0 Å². The molecule has 1 fully saturated rings. The van der Waals surface area contributed by atoms with Crippen molar-refractivity contribution in [3.05, 3.63) is 11.4 Å². The van der Waals surface area contributed by atoms with Crippen LogP contribution < -0.4 is 10.6 Å². The highest BCUT2D eigenvalue weighted by Gasteiger charge is 2.21. The molecule has 2 N–H and O–H groups in total. The summed E-state index contributed by atoms with van der Waals surface area (Å²) in [4.78, 5) is 16.4. The minimum Gasteiger partial charge on any atom is -0.316 e. The Hall–Kier alpha value is -1.56. The molecule has 1 aliphatic heterocycles. The lowest BCUT2D eigenvalue weighted by Gasteiger charge is -2.21. The topological polar surface area (TPSA) is 79.8 Å². The fraction of sp³-hybridized carbons (Fsp3) is 0.692. The molecule has 0 aliphatic carbocycles. The summed E-state index contributed by atoms with van der Waals surface area (Å²) < 4.78 is 0. The first kappa shape index (κ1) is 13.9. The van der Waals surface area contributed by atoms with Crippen molar-refractivity contribution in [3.8, 4) is 0 Å². The van der Waals surface area contributed by atoms with Gasteiger partial charge in [-0.25, -0.2) is 4.98 Å². The molecular weight excluding hydrogens is 242 g/mol. The van der Waals surface area contributed by atoms with Crippen molar-refractivity contribution in [2.45, 2.75) is 39.5 Å². The van der Waals surface area contributed by atoms with Crippen LogP contribution in [0.4, 0.5) is 5.95 Å². The first-order valence-corrected chi connectivity index (χ1v) is 6.98. The van der Waals surface area contributed by atoms with Crippen LogP contribution in [0, 0.1) is 5.92 Å². The minimum absolute atomic E-state index is 0.00767. The zero-order valence-electron chi connectivity index (χ0n) is 11.6. The third kappa shape index (κ3) is 3.47. The van der Waals surface area contributed by atoms with Crippen LogP contribution in [-0.4, -0.2) is 34.2 Å². The number of aryl methyl sites for hydroxylation is 2. The van der Waals surface area contributed by atoms with Gasteiger partial charge < -0.3 is 5.32 Å². The third-order valence-corrected chi connectivity index (χ3v) is 3.41. The van der Waals surface area contributed by atoms with Gasteiger partial charge in [0.2, 0.25) is 11.9 Å². The normalized spacial score (nSPS) is 19.2. The van der Waals surface area contributed by atoms with Crippen LogP contribution in [0.1, 0.15) is 38.1 Å². The van der Waals surface area contributed by atoms with E-state index in [9.17, 15) is 4.79 Å². The van der Waals surface area contributed by atoms with Crippen molar-refractivity contribution in [1.82, 2.24) is 20.5 Å².